The summed E-state index contributed by atoms with van der Waals surface area (Å²) in [4.78, 5) is 76.9. The summed E-state index contributed by atoms with van der Waals surface area (Å²) in [7, 11) is -16.2. The van der Waals surface area contributed by atoms with Gasteiger partial charge in [0.05, 0.1) is 0 Å². The van der Waals surface area contributed by atoms with Crippen molar-refractivity contribution in [2.24, 2.45) is 0 Å². The van der Waals surface area contributed by atoms with Gasteiger partial charge in [0.2, 0.25) is 0 Å². The van der Waals surface area contributed by atoms with Gasteiger partial charge in [0.15, 0.2) is 0 Å². The third-order valence-corrected chi connectivity index (χ3v) is 0. The van der Waals surface area contributed by atoms with Gasteiger partial charge in [-0.25, -0.2) is 0 Å². The Bertz CT molecular complexity index is 213. The molecule has 0 amide bonds. The van der Waals surface area contributed by atoms with Gasteiger partial charge in [0.1, 0.15) is 0 Å². The summed E-state index contributed by atoms with van der Waals surface area (Å²) in [6.45, 7) is 0. The van der Waals surface area contributed by atoms with Gasteiger partial charge in [-0.2, -0.15) is 23.5 Å². The number of hydrogen-bond donors (Lipinski definition) is 0. The van der Waals surface area contributed by atoms with Gasteiger partial charge >= 0.3 is 108 Å². The van der Waals surface area contributed by atoms with Gasteiger partial charge < -0.3 is 57.7 Å². The molecule has 0 heterocycles. The minimum Gasteiger partial charge on any atom is -0.822 e. The van der Waals surface area contributed by atoms with Gasteiger partial charge in [0, 0.05) is 0 Å². The Labute approximate surface area is 185 Å². The van der Waals surface area contributed by atoms with Crippen molar-refractivity contribution in [3.8, 4) is 0 Å². The van der Waals surface area contributed by atoms with Crippen LogP contribution < -0.4 is 44.0 Å². The first-order valence-corrected chi connectivity index (χ1v) is 6.57. The molecule has 0 saturated carbocycles. The van der Waals surface area contributed by atoms with E-state index >= 15 is 0 Å². The molecule has 18 heteroatoms. The van der Waals surface area contributed by atoms with E-state index in [1.54, 1.807) is 0 Å². The molecule has 0 radical (unpaired) electrons. The maximum Gasteiger partial charge on any atom is 4.00 e. The summed E-state index contributed by atoms with van der Waals surface area (Å²) in [5.74, 6) is 0. The first kappa shape index (κ1) is 37.8. The first-order chi connectivity index (χ1) is 6.00. The summed E-state index contributed by atoms with van der Waals surface area (Å²) < 4.78 is 25.6. The fourth-order valence-electron chi connectivity index (χ4n) is 0. The van der Waals surface area contributed by atoms with Gasteiger partial charge in [-0.15, -0.1) is 0 Å². The zero-order valence-corrected chi connectivity index (χ0v) is 20.4. The fourth-order valence-corrected chi connectivity index (χ4v) is 0. The second kappa shape index (κ2) is 17.2. The number of rotatable bonds is 0. The van der Waals surface area contributed by atoms with Gasteiger partial charge in [-0.05, 0) is 0 Å². The molecule has 0 aromatic rings. The van der Waals surface area contributed by atoms with E-state index in [0.29, 0.717) is 0 Å². The second-order valence-corrected chi connectivity index (χ2v) is 4.02. The molecule has 12 nitrogen and oxygen atoms in total. The van der Waals surface area contributed by atoms with Crippen molar-refractivity contribution in [1.29, 1.82) is 0 Å². The van der Waals surface area contributed by atoms with Crippen molar-refractivity contribution in [2.45, 2.75) is 0 Å². The molecule has 0 aliphatic rings. The largest absolute Gasteiger partial charge is 4.00 e. The molecule has 0 aliphatic carbocycles. The minimum absolute atomic E-state index is 0. The normalized spacial score (nSPS) is 9.83. The summed E-state index contributed by atoms with van der Waals surface area (Å²) in [6.07, 6.45) is 0. The molecule has 0 rings (SSSR count). The van der Waals surface area contributed by atoms with Crippen molar-refractivity contribution in [2.75, 3.05) is 0 Å². The molecule has 0 aromatic heterocycles. The molecular formula is BaO12P3YZr. The third-order valence-electron chi connectivity index (χ3n) is 0. The summed E-state index contributed by atoms with van der Waals surface area (Å²) in [6, 6.07) is 0. The van der Waals surface area contributed by atoms with E-state index in [0.717, 1.165) is 0 Å². The minimum atomic E-state index is -5.39. The summed E-state index contributed by atoms with van der Waals surface area (Å²) in [5.41, 5.74) is 0. The third kappa shape index (κ3) is 469. The quantitative estimate of drug-likeness (QED) is 0.185. The molecular weight excluding hydrogens is 602 g/mol. The molecule has 0 aromatic carbocycles. The van der Waals surface area contributed by atoms with E-state index in [1.165, 1.54) is 0 Å². The Morgan fingerprint density at radius 3 is 0.500 bits per heavy atom. The van der Waals surface area contributed by atoms with E-state index in [2.05, 4.69) is 0 Å². The van der Waals surface area contributed by atoms with E-state index in [-0.39, 0.29) is 108 Å². The molecule has 0 bridgehead atoms. The fraction of sp³-hybridized carbons (Fsp3) is 0. The van der Waals surface area contributed by atoms with E-state index in [1.807, 2.05) is 0 Å². The standard InChI is InChI=1S/Ba.3H3O4P.Y.Zr/c;3*1-5(2,3)4;;/h;3*(H3,1,2,3,4);;/q+2;;;;+3;+4/p-9. The van der Waals surface area contributed by atoms with Gasteiger partial charge in [-0.3, -0.25) is 0 Å². The number of hydrogen-bond acceptors (Lipinski definition) is 12. The van der Waals surface area contributed by atoms with E-state index in [9.17, 15) is 0 Å². The Hall–Kier alpha value is 3.89. The van der Waals surface area contributed by atoms with Crippen LogP contribution >= 0.6 is 23.5 Å². The van der Waals surface area contributed by atoms with Crippen molar-refractivity contribution < 1.29 is 117 Å². The maximum atomic E-state index is 8.55. The molecule has 0 N–H and O–H groups in total. The Balaban J connectivity index is -0.0000000277. The van der Waals surface area contributed by atoms with Crippen LogP contribution in [0.15, 0.2) is 0 Å². The van der Waals surface area contributed by atoms with Crippen LogP contribution in [0, 0.1) is 0 Å². The van der Waals surface area contributed by atoms with Crippen molar-refractivity contribution in [3.05, 3.63) is 0 Å². The molecule has 18 heavy (non-hydrogen) atoms. The average molecular weight is 602 g/mol. The molecule has 0 fully saturated rings. The van der Waals surface area contributed by atoms with Crippen LogP contribution in [-0.2, 0) is 72.6 Å². The van der Waals surface area contributed by atoms with Crippen LogP contribution in [0.1, 0.15) is 0 Å². The van der Waals surface area contributed by atoms with Crippen molar-refractivity contribution >= 4 is 72.3 Å². The predicted octanol–water partition coefficient (Wildman–Crippen LogP) is -8.86. The van der Waals surface area contributed by atoms with E-state index in [4.69, 9.17) is 57.7 Å². The van der Waals surface area contributed by atoms with Crippen LogP contribution in [0.3, 0.4) is 0 Å². The molecule has 0 atom stereocenters. The van der Waals surface area contributed by atoms with Gasteiger partial charge in [-0.1, -0.05) is 0 Å². The first-order valence-electron chi connectivity index (χ1n) is 2.19. The SMILES string of the molecule is O=P([O-])([O-])[O-].O=P([O-])([O-])[O-].O=P([O-])([O-])[O-].[Ba+2].[Y+3].[Zr+4]. The Morgan fingerprint density at radius 1 is 0.500 bits per heavy atom. The maximum absolute atomic E-state index is 8.55. The van der Waals surface area contributed by atoms with Crippen LogP contribution in [0.5, 0.6) is 0 Å². The molecule has 0 unspecified atom stereocenters. The topological polar surface area (TPSA) is 259 Å². The Morgan fingerprint density at radius 2 is 0.500 bits per heavy atom. The zero-order valence-electron chi connectivity index (χ0n) is 8.03. The van der Waals surface area contributed by atoms with Crippen molar-refractivity contribution in [1.82, 2.24) is 0 Å². The zero-order chi connectivity index (χ0) is 13.5. The van der Waals surface area contributed by atoms with Crippen molar-refractivity contribution in [3.63, 3.8) is 0 Å². The molecule has 96 valence electrons. The van der Waals surface area contributed by atoms with Crippen LogP contribution in [-0.4, -0.2) is 48.9 Å². The smallest absolute Gasteiger partial charge is 0.822 e. The molecule has 0 spiro atoms. The van der Waals surface area contributed by atoms with Crippen LogP contribution in [0.4, 0.5) is 0 Å². The Kier molecular flexibility index (Phi) is 36.2. The summed E-state index contributed by atoms with van der Waals surface area (Å²) >= 11 is 0. The predicted molar refractivity (Wildman–Crippen MR) is 28.6 cm³/mol. The molecule has 0 aliphatic heterocycles. The van der Waals surface area contributed by atoms with Crippen LogP contribution in [0.25, 0.3) is 0 Å². The van der Waals surface area contributed by atoms with E-state index < -0.39 is 23.5 Å². The monoisotopic (exact) mass is 602 g/mol. The van der Waals surface area contributed by atoms with Gasteiger partial charge in [0.25, 0.3) is 0 Å². The second-order valence-electron chi connectivity index (χ2n) is 1.34. The average Bonchev–Trinajstić information content (AvgIpc) is 1.41. The number of phosphoric acid groups is 3. The summed E-state index contributed by atoms with van der Waals surface area (Å²) in [5, 5.41) is 0. The van der Waals surface area contributed by atoms with Crippen LogP contribution in [0.2, 0.25) is 0 Å². The molecule has 0 saturated heterocycles.